The van der Waals surface area contributed by atoms with Crippen molar-refractivity contribution < 1.29 is 0 Å². The van der Waals surface area contributed by atoms with Gasteiger partial charge in [0, 0.05) is 0 Å². The molecule has 1 heterocycles. The van der Waals surface area contributed by atoms with Crippen molar-refractivity contribution in [2.24, 2.45) is 0 Å². The van der Waals surface area contributed by atoms with Crippen LogP contribution in [0.15, 0.2) is 71.2 Å². The molecule has 0 spiro atoms. The Labute approximate surface area is 121 Å². The van der Waals surface area contributed by atoms with Crippen molar-refractivity contribution in [3.8, 4) is 20.0 Å². The van der Waals surface area contributed by atoms with Crippen molar-refractivity contribution in [1.29, 1.82) is 0 Å². The van der Waals surface area contributed by atoms with Crippen LogP contribution in [-0.2, 0) is 0 Å². The van der Waals surface area contributed by atoms with E-state index in [-0.39, 0.29) is 0 Å². The van der Waals surface area contributed by atoms with Crippen LogP contribution in [0.25, 0.3) is 20.0 Å². The summed E-state index contributed by atoms with van der Waals surface area (Å²) in [6, 6.07) is 23.5. The topological polar surface area (TPSA) is 0 Å². The molecule has 0 atom stereocenters. The number of halogens is 1. The summed E-state index contributed by atoms with van der Waals surface area (Å²) >= 11 is 4.07. The number of benzene rings is 2. The normalized spacial score (nSPS) is 10.5. The molecule has 1 aromatic heterocycles. The Morgan fingerprint density at radius 2 is 1.28 bits per heavy atom. The van der Waals surface area contributed by atoms with Crippen molar-refractivity contribution in [1.82, 2.24) is 0 Å². The summed E-state index contributed by atoms with van der Waals surface area (Å²) in [5.74, 6) is 0. The van der Waals surface area contributed by atoms with Crippen molar-refractivity contribution in [3.63, 3.8) is 0 Å². The Morgan fingerprint density at radius 3 is 1.89 bits per heavy atom. The molecule has 0 unspecified atom stereocenters. The molecule has 0 saturated carbocycles. The SMILES string of the molecule is Brc1cc(-c2ccccc2)[se]c1-c1ccccc1. The molecule has 3 rings (SSSR count). The summed E-state index contributed by atoms with van der Waals surface area (Å²) < 4.78 is 4.10. The predicted octanol–water partition coefficient (Wildman–Crippen LogP) is 4.84. The minimum atomic E-state index is 0.377. The van der Waals surface area contributed by atoms with E-state index in [1.807, 2.05) is 0 Å². The van der Waals surface area contributed by atoms with Gasteiger partial charge in [0.05, 0.1) is 0 Å². The van der Waals surface area contributed by atoms with Gasteiger partial charge in [-0.25, -0.2) is 0 Å². The molecule has 0 saturated heterocycles. The molecule has 0 aliphatic heterocycles. The molecule has 18 heavy (non-hydrogen) atoms. The summed E-state index contributed by atoms with van der Waals surface area (Å²) in [4.78, 5) is 0. The molecule has 0 amide bonds. The monoisotopic (exact) mass is 362 g/mol. The van der Waals surface area contributed by atoms with Crippen LogP contribution in [0.2, 0.25) is 0 Å². The van der Waals surface area contributed by atoms with Gasteiger partial charge in [-0.2, -0.15) is 0 Å². The van der Waals surface area contributed by atoms with Crippen LogP contribution in [0.4, 0.5) is 0 Å². The first-order chi connectivity index (χ1) is 8.84. The first-order valence-electron chi connectivity index (χ1n) is 5.75. The third-order valence-corrected chi connectivity index (χ3v) is 6.58. The van der Waals surface area contributed by atoms with Gasteiger partial charge in [-0.15, -0.1) is 0 Å². The van der Waals surface area contributed by atoms with Crippen LogP contribution in [-0.4, -0.2) is 14.5 Å². The Balaban J connectivity index is 2.07. The number of hydrogen-bond acceptors (Lipinski definition) is 0. The fraction of sp³-hybridized carbons (Fsp3) is 0. The summed E-state index contributed by atoms with van der Waals surface area (Å²) in [6.45, 7) is 0. The van der Waals surface area contributed by atoms with Crippen molar-refractivity contribution in [3.05, 3.63) is 71.2 Å². The summed E-state index contributed by atoms with van der Waals surface area (Å²) in [5, 5.41) is 0. The van der Waals surface area contributed by atoms with E-state index in [9.17, 15) is 0 Å². The summed E-state index contributed by atoms with van der Waals surface area (Å²) in [6.07, 6.45) is 0. The fourth-order valence-corrected chi connectivity index (χ4v) is 5.35. The van der Waals surface area contributed by atoms with Crippen molar-refractivity contribution >= 4 is 30.4 Å². The second-order valence-corrected chi connectivity index (χ2v) is 7.08. The van der Waals surface area contributed by atoms with Crippen LogP contribution in [0, 0.1) is 0 Å². The van der Waals surface area contributed by atoms with Crippen molar-refractivity contribution in [2.45, 2.75) is 0 Å². The molecule has 0 bridgehead atoms. The average molecular weight is 362 g/mol. The predicted molar refractivity (Wildman–Crippen MR) is 82.0 cm³/mol. The molecular formula is C16H11BrSe. The molecule has 3 aromatic rings. The van der Waals surface area contributed by atoms with E-state index in [4.69, 9.17) is 0 Å². The van der Waals surface area contributed by atoms with Crippen molar-refractivity contribution in [2.75, 3.05) is 0 Å². The Bertz CT molecular complexity index is 641. The zero-order chi connectivity index (χ0) is 12.4. The third-order valence-electron chi connectivity index (χ3n) is 2.78. The zero-order valence-electron chi connectivity index (χ0n) is 9.64. The van der Waals surface area contributed by atoms with Gasteiger partial charge in [-0.1, -0.05) is 0 Å². The summed E-state index contributed by atoms with van der Waals surface area (Å²) in [7, 11) is 0. The van der Waals surface area contributed by atoms with Gasteiger partial charge in [0.25, 0.3) is 0 Å². The van der Waals surface area contributed by atoms with Gasteiger partial charge in [0.15, 0.2) is 0 Å². The maximum absolute atomic E-state index is 3.70. The van der Waals surface area contributed by atoms with Crippen LogP contribution in [0.1, 0.15) is 0 Å². The Kier molecular flexibility index (Phi) is 3.51. The fourth-order valence-electron chi connectivity index (χ4n) is 1.90. The first-order valence-corrected chi connectivity index (χ1v) is 8.25. The molecule has 88 valence electrons. The minimum absolute atomic E-state index is 0.377. The average Bonchev–Trinajstić information content (AvgIpc) is 2.83. The van der Waals surface area contributed by atoms with E-state index in [0.717, 1.165) is 0 Å². The van der Waals surface area contributed by atoms with Gasteiger partial charge in [-0.05, 0) is 0 Å². The number of hydrogen-bond donors (Lipinski definition) is 0. The van der Waals surface area contributed by atoms with Crippen LogP contribution in [0.5, 0.6) is 0 Å². The molecule has 2 heteroatoms. The van der Waals surface area contributed by atoms with E-state index >= 15 is 0 Å². The molecule has 0 aliphatic carbocycles. The van der Waals surface area contributed by atoms with Gasteiger partial charge in [0.2, 0.25) is 0 Å². The van der Waals surface area contributed by atoms with E-state index in [1.54, 1.807) is 0 Å². The van der Waals surface area contributed by atoms with Gasteiger partial charge < -0.3 is 0 Å². The van der Waals surface area contributed by atoms with E-state index in [2.05, 4.69) is 82.7 Å². The number of rotatable bonds is 2. The molecule has 0 fully saturated rings. The van der Waals surface area contributed by atoms with Crippen LogP contribution in [0.3, 0.4) is 0 Å². The second-order valence-electron chi connectivity index (χ2n) is 4.02. The molecular weight excluding hydrogens is 351 g/mol. The zero-order valence-corrected chi connectivity index (χ0v) is 12.9. The molecule has 0 radical (unpaired) electrons. The third kappa shape index (κ3) is 2.37. The van der Waals surface area contributed by atoms with Gasteiger partial charge >= 0.3 is 122 Å². The molecule has 0 nitrogen and oxygen atoms in total. The first kappa shape index (κ1) is 12.0. The Morgan fingerprint density at radius 1 is 0.722 bits per heavy atom. The summed E-state index contributed by atoms with van der Waals surface area (Å²) in [5.41, 5.74) is 2.66. The second kappa shape index (κ2) is 5.27. The van der Waals surface area contributed by atoms with Crippen LogP contribution >= 0.6 is 15.9 Å². The quantitative estimate of drug-likeness (QED) is 0.573. The van der Waals surface area contributed by atoms with Gasteiger partial charge in [0.1, 0.15) is 0 Å². The molecule has 2 aromatic carbocycles. The molecule has 0 aliphatic rings. The van der Waals surface area contributed by atoms with E-state index < -0.39 is 0 Å². The van der Waals surface area contributed by atoms with Crippen LogP contribution < -0.4 is 0 Å². The molecule has 0 N–H and O–H groups in total. The maximum atomic E-state index is 3.70. The Hall–Kier alpha value is -1.08. The van der Waals surface area contributed by atoms with E-state index in [0.29, 0.717) is 14.5 Å². The van der Waals surface area contributed by atoms with E-state index in [1.165, 1.54) is 24.5 Å². The standard InChI is InChI=1S/C16H11BrSe/c17-14-11-15(12-7-3-1-4-8-12)18-16(14)13-9-5-2-6-10-13/h1-11H. The van der Waals surface area contributed by atoms with Gasteiger partial charge in [-0.3, -0.25) is 0 Å².